The highest BCUT2D eigenvalue weighted by molar-refractivity contribution is 7.87. The Balaban J connectivity index is 2.00. The van der Waals surface area contributed by atoms with Crippen LogP contribution in [-0.2, 0) is 35.2 Å². The molecule has 0 saturated carbocycles. The van der Waals surface area contributed by atoms with Crippen LogP contribution in [0.15, 0.2) is 93.6 Å². The van der Waals surface area contributed by atoms with E-state index in [9.17, 15) is 22.1 Å². The highest BCUT2D eigenvalue weighted by Crippen LogP contribution is 2.24. The van der Waals surface area contributed by atoms with E-state index < -0.39 is 26.2 Å². The predicted molar refractivity (Wildman–Crippen MR) is 136 cm³/mol. The maximum absolute atomic E-state index is 12.8. The summed E-state index contributed by atoms with van der Waals surface area (Å²) in [5.41, 5.74) is 2.11. The average molecular weight is 528 g/mol. The van der Waals surface area contributed by atoms with E-state index in [-0.39, 0.29) is 22.1 Å². The Morgan fingerprint density at radius 2 is 1.72 bits per heavy atom. The van der Waals surface area contributed by atoms with Crippen LogP contribution >= 0.6 is 0 Å². The van der Waals surface area contributed by atoms with E-state index in [2.05, 4.69) is 14.6 Å². The first-order valence-electron chi connectivity index (χ1n) is 11.0. The summed E-state index contributed by atoms with van der Waals surface area (Å²) in [5, 5.41) is 17.2. The van der Waals surface area contributed by atoms with Crippen LogP contribution in [0.25, 0.3) is 0 Å². The van der Waals surface area contributed by atoms with Gasteiger partial charge in [0.05, 0.1) is 17.4 Å². The molecule has 0 N–H and O–H groups in total. The average Bonchev–Trinajstić information content (AvgIpc) is 2.85. The van der Waals surface area contributed by atoms with Crippen molar-refractivity contribution in [2.24, 2.45) is 16.2 Å². The topological polar surface area (TPSA) is 135 Å². The lowest BCUT2D eigenvalue weighted by Crippen LogP contribution is -2.27. The smallest absolute Gasteiger partial charge is 0.267 e. The fourth-order valence-electron chi connectivity index (χ4n) is 3.33. The lowest BCUT2D eigenvalue weighted by molar-refractivity contribution is 0.335. The van der Waals surface area contributed by atoms with Crippen LogP contribution in [0.5, 0.6) is 0 Å². The number of rotatable bonds is 10. The van der Waals surface area contributed by atoms with Gasteiger partial charge in [-0.1, -0.05) is 83.5 Å². The molecule has 1 atom stereocenters. The second-order valence-electron chi connectivity index (χ2n) is 7.96. The van der Waals surface area contributed by atoms with Gasteiger partial charge < -0.3 is 0 Å². The predicted octanol–water partition coefficient (Wildman–Crippen LogP) is 4.05. The van der Waals surface area contributed by atoms with Crippen molar-refractivity contribution >= 4 is 31.7 Å². The molecule has 1 aliphatic rings. The summed E-state index contributed by atoms with van der Waals surface area (Å²) in [6.07, 6.45) is 5.57. The van der Waals surface area contributed by atoms with Gasteiger partial charge in [0.1, 0.15) is 11.0 Å². The molecule has 0 amide bonds. The van der Waals surface area contributed by atoms with E-state index in [4.69, 9.17) is 4.28 Å². The largest absolute Gasteiger partial charge is 0.358 e. The number of aryl methyl sites for hydroxylation is 1. The Kier molecular flexibility index (Phi) is 8.79. The van der Waals surface area contributed by atoms with E-state index in [0.717, 1.165) is 11.1 Å². The Morgan fingerprint density at radius 1 is 1.03 bits per heavy atom. The van der Waals surface area contributed by atoms with E-state index in [0.29, 0.717) is 18.4 Å². The van der Waals surface area contributed by atoms with E-state index >= 15 is 0 Å². The van der Waals surface area contributed by atoms with Crippen molar-refractivity contribution in [3.63, 3.8) is 0 Å². The maximum atomic E-state index is 12.8. The number of oxime groups is 2. The van der Waals surface area contributed by atoms with Crippen LogP contribution in [0.4, 0.5) is 0 Å². The number of hydrogen-bond acceptors (Lipinski definition) is 9. The minimum absolute atomic E-state index is 0.0860. The first-order chi connectivity index (χ1) is 17.1. The molecular weight excluding hydrogens is 502 g/mol. The molecule has 1 unspecified atom stereocenters. The Hall–Kier alpha value is -3.75. The number of hydrogen-bond donors (Lipinski definition) is 0. The molecule has 9 nitrogen and oxygen atoms in total. The molecule has 2 aromatic carbocycles. The molecule has 0 aliphatic heterocycles. The van der Waals surface area contributed by atoms with Crippen LogP contribution < -0.4 is 0 Å². The number of nitrogens with zero attached hydrogens (tertiary/aromatic N) is 3. The van der Waals surface area contributed by atoms with Crippen molar-refractivity contribution in [3.05, 3.63) is 89.5 Å². The first-order valence-corrected chi connectivity index (χ1v) is 14.0. The number of benzene rings is 2. The highest BCUT2D eigenvalue weighted by atomic mass is 32.2. The highest BCUT2D eigenvalue weighted by Gasteiger charge is 2.29. The van der Waals surface area contributed by atoms with Gasteiger partial charge in [0.15, 0.2) is 5.71 Å². The van der Waals surface area contributed by atoms with Gasteiger partial charge in [-0.25, -0.2) is 0 Å². The molecule has 0 aromatic heterocycles. The molecule has 0 spiro atoms. The Labute approximate surface area is 211 Å². The fourth-order valence-corrected chi connectivity index (χ4v) is 4.83. The summed E-state index contributed by atoms with van der Waals surface area (Å²) in [6, 6.07) is 17.2. The van der Waals surface area contributed by atoms with Crippen molar-refractivity contribution in [3.8, 4) is 6.07 Å². The second-order valence-corrected chi connectivity index (χ2v) is 11.2. The molecule has 188 valence electrons. The van der Waals surface area contributed by atoms with Gasteiger partial charge in [-0.05, 0) is 43.0 Å². The van der Waals surface area contributed by atoms with E-state index in [1.165, 1.54) is 18.2 Å². The fraction of sp³-hybridized carbons (Fsp3) is 0.240. The van der Waals surface area contributed by atoms with Crippen LogP contribution in [0, 0.1) is 24.2 Å². The third-order valence-corrected chi connectivity index (χ3v) is 7.45. The standard InChI is InChI=1S/C25H25N3O6S2/c1-3-16-35(29,30)33-27-24(18-26)23-11-7-10-21(17-20-8-5-4-6-9-20)25(23)28-34-36(31,32)22-14-12-19(2)13-15-22/h4-15,23H,3,16-17H2,1-2H3. The van der Waals surface area contributed by atoms with Crippen LogP contribution in [0.2, 0.25) is 0 Å². The minimum atomic E-state index is -4.26. The van der Waals surface area contributed by atoms with Gasteiger partial charge in [-0.2, -0.15) is 22.1 Å². The summed E-state index contributed by atoms with van der Waals surface area (Å²) in [4.78, 5) is -0.0860. The van der Waals surface area contributed by atoms with Crippen molar-refractivity contribution in [2.75, 3.05) is 5.75 Å². The van der Waals surface area contributed by atoms with Gasteiger partial charge in [-0.15, -0.1) is 0 Å². The van der Waals surface area contributed by atoms with Crippen molar-refractivity contribution in [1.82, 2.24) is 0 Å². The molecule has 3 rings (SSSR count). The van der Waals surface area contributed by atoms with Crippen LogP contribution in [0.3, 0.4) is 0 Å². The molecule has 1 aliphatic carbocycles. The summed E-state index contributed by atoms with van der Waals surface area (Å²) >= 11 is 0. The van der Waals surface area contributed by atoms with Gasteiger partial charge in [-0.3, -0.25) is 8.57 Å². The van der Waals surface area contributed by atoms with Gasteiger partial charge >= 0.3 is 20.2 Å². The Bertz CT molecular complexity index is 1450. The van der Waals surface area contributed by atoms with E-state index in [1.807, 2.05) is 43.3 Å². The molecular formula is C25H25N3O6S2. The molecule has 0 radical (unpaired) electrons. The zero-order valence-corrected chi connectivity index (χ0v) is 21.4. The second kappa shape index (κ2) is 11.8. The summed E-state index contributed by atoms with van der Waals surface area (Å²) in [7, 11) is -8.23. The third kappa shape index (κ3) is 7.13. The molecule has 11 heteroatoms. The Morgan fingerprint density at radius 3 is 2.36 bits per heavy atom. The maximum Gasteiger partial charge on any atom is 0.358 e. The normalized spacial score (nSPS) is 17.4. The number of allylic oxidation sites excluding steroid dienone is 4. The lowest BCUT2D eigenvalue weighted by Gasteiger charge is -2.19. The van der Waals surface area contributed by atoms with Gasteiger partial charge in [0.2, 0.25) is 0 Å². The van der Waals surface area contributed by atoms with Gasteiger partial charge in [0.25, 0.3) is 0 Å². The summed E-state index contributed by atoms with van der Waals surface area (Å²) in [6.45, 7) is 3.49. The molecule has 2 aromatic rings. The zero-order chi connectivity index (χ0) is 26.2. The van der Waals surface area contributed by atoms with Crippen molar-refractivity contribution in [2.45, 2.75) is 31.6 Å². The van der Waals surface area contributed by atoms with E-state index in [1.54, 1.807) is 31.2 Å². The van der Waals surface area contributed by atoms with Crippen molar-refractivity contribution < 1.29 is 25.4 Å². The monoisotopic (exact) mass is 527 g/mol. The minimum Gasteiger partial charge on any atom is -0.267 e. The van der Waals surface area contributed by atoms with Crippen LogP contribution in [0.1, 0.15) is 24.5 Å². The molecule has 0 saturated heterocycles. The number of nitriles is 1. The quantitative estimate of drug-likeness (QED) is 0.336. The summed E-state index contributed by atoms with van der Waals surface area (Å²) in [5.74, 6) is -1.27. The third-order valence-electron chi connectivity index (χ3n) is 5.12. The molecule has 0 fully saturated rings. The SMILES string of the molecule is CCCS(=O)(=O)ON=C(C#N)C1C=CC=C(Cc2ccccc2)C1=NOS(=O)(=O)c1ccc(C)cc1. The lowest BCUT2D eigenvalue weighted by atomic mass is 9.86. The van der Waals surface area contributed by atoms with Gasteiger partial charge in [0, 0.05) is 0 Å². The molecule has 0 bridgehead atoms. The molecule has 36 heavy (non-hydrogen) atoms. The zero-order valence-electron chi connectivity index (χ0n) is 19.7. The van der Waals surface area contributed by atoms with Crippen molar-refractivity contribution in [1.29, 1.82) is 5.26 Å². The first kappa shape index (κ1) is 26.8. The van der Waals surface area contributed by atoms with Crippen LogP contribution in [-0.4, -0.2) is 34.0 Å². The molecule has 0 heterocycles. The summed E-state index contributed by atoms with van der Waals surface area (Å²) < 4.78 is 59.1.